The van der Waals surface area contributed by atoms with Crippen LogP contribution in [0.15, 0.2) is 24.4 Å². The number of aromatic nitrogens is 1. The first kappa shape index (κ1) is 16.9. The Morgan fingerprint density at radius 2 is 2.04 bits per heavy atom. The molecule has 124 valence electrons. The zero-order valence-corrected chi connectivity index (χ0v) is 13.7. The number of amides is 1. The third-order valence-electron chi connectivity index (χ3n) is 3.64. The number of H-pyrrole nitrogens is 1. The summed E-state index contributed by atoms with van der Waals surface area (Å²) < 4.78 is 10.4. The molecule has 0 radical (unpaired) electrons. The van der Waals surface area contributed by atoms with Crippen molar-refractivity contribution in [2.45, 2.75) is 26.7 Å². The number of hydrogen-bond acceptors (Lipinski definition) is 4. The molecule has 1 aromatic carbocycles. The fourth-order valence-corrected chi connectivity index (χ4v) is 2.27. The standard InChI is InChI=1S/C17H22N2O4/c1-4-19(3)17(21)23-14-8-6-7-13-16(14)12(11-18-13)9-10-15(20)22-5-2/h6-8,11,18H,4-5,9-10H2,1-3H3. The Kier molecular flexibility index (Phi) is 5.62. The van der Waals surface area contributed by atoms with Crippen LogP contribution in [0.2, 0.25) is 0 Å². The van der Waals surface area contributed by atoms with E-state index < -0.39 is 6.09 Å². The van der Waals surface area contributed by atoms with Crippen LogP contribution in [0, 0.1) is 0 Å². The van der Waals surface area contributed by atoms with Gasteiger partial charge < -0.3 is 19.4 Å². The molecule has 0 saturated carbocycles. The molecule has 0 aliphatic rings. The maximum absolute atomic E-state index is 12.0. The van der Waals surface area contributed by atoms with E-state index in [9.17, 15) is 9.59 Å². The summed E-state index contributed by atoms with van der Waals surface area (Å²) >= 11 is 0. The molecule has 0 aliphatic heterocycles. The quantitative estimate of drug-likeness (QED) is 0.831. The number of hydrogen-bond donors (Lipinski definition) is 1. The SMILES string of the molecule is CCOC(=O)CCc1c[nH]c2cccc(OC(=O)N(C)CC)c12. The molecule has 0 fully saturated rings. The maximum Gasteiger partial charge on any atom is 0.414 e. The van der Waals surface area contributed by atoms with Crippen molar-refractivity contribution >= 4 is 23.0 Å². The summed E-state index contributed by atoms with van der Waals surface area (Å²) in [5.41, 5.74) is 1.80. The van der Waals surface area contributed by atoms with Gasteiger partial charge in [-0.25, -0.2) is 4.79 Å². The molecule has 0 unspecified atom stereocenters. The number of ether oxygens (including phenoxy) is 2. The van der Waals surface area contributed by atoms with E-state index >= 15 is 0 Å². The molecule has 1 heterocycles. The highest BCUT2D eigenvalue weighted by atomic mass is 16.6. The number of rotatable bonds is 6. The van der Waals surface area contributed by atoms with Crippen LogP contribution in [0.3, 0.4) is 0 Å². The van der Waals surface area contributed by atoms with Gasteiger partial charge in [0.25, 0.3) is 0 Å². The third kappa shape index (κ3) is 4.03. The van der Waals surface area contributed by atoms with Gasteiger partial charge in [0.15, 0.2) is 0 Å². The number of carbonyl (C=O) groups excluding carboxylic acids is 2. The lowest BCUT2D eigenvalue weighted by atomic mass is 10.1. The van der Waals surface area contributed by atoms with Gasteiger partial charge in [0, 0.05) is 37.1 Å². The van der Waals surface area contributed by atoms with Crippen molar-refractivity contribution in [1.29, 1.82) is 0 Å². The second-order valence-corrected chi connectivity index (χ2v) is 5.18. The molecular formula is C17H22N2O4. The fourth-order valence-electron chi connectivity index (χ4n) is 2.27. The number of fused-ring (bicyclic) bond motifs is 1. The zero-order valence-electron chi connectivity index (χ0n) is 13.7. The summed E-state index contributed by atoms with van der Waals surface area (Å²) in [6.45, 7) is 4.60. The largest absolute Gasteiger partial charge is 0.466 e. The Balaban J connectivity index is 2.23. The number of nitrogens with one attached hydrogen (secondary N) is 1. The molecule has 1 N–H and O–H groups in total. The molecule has 0 saturated heterocycles. The van der Waals surface area contributed by atoms with Gasteiger partial charge in [-0.2, -0.15) is 0 Å². The number of esters is 1. The highest BCUT2D eigenvalue weighted by Crippen LogP contribution is 2.30. The number of aryl methyl sites for hydroxylation is 1. The third-order valence-corrected chi connectivity index (χ3v) is 3.64. The van der Waals surface area contributed by atoms with Crippen LogP contribution in [0.1, 0.15) is 25.8 Å². The van der Waals surface area contributed by atoms with Gasteiger partial charge in [-0.3, -0.25) is 4.79 Å². The van der Waals surface area contributed by atoms with Crippen molar-refractivity contribution in [3.63, 3.8) is 0 Å². The number of aromatic amines is 1. The molecule has 1 aromatic heterocycles. The van der Waals surface area contributed by atoms with Crippen LogP contribution in [-0.4, -0.2) is 42.1 Å². The number of carbonyl (C=O) groups is 2. The van der Waals surface area contributed by atoms with Crippen molar-refractivity contribution < 1.29 is 19.1 Å². The van der Waals surface area contributed by atoms with Crippen molar-refractivity contribution in [2.75, 3.05) is 20.2 Å². The molecule has 2 aromatic rings. The Labute approximate surface area is 135 Å². The second-order valence-electron chi connectivity index (χ2n) is 5.18. The van der Waals surface area contributed by atoms with Gasteiger partial charge in [0.05, 0.1) is 6.61 Å². The van der Waals surface area contributed by atoms with E-state index in [1.54, 1.807) is 20.0 Å². The predicted octanol–water partition coefficient (Wildman–Crippen LogP) is 3.11. The minimum atomic E-state index is -0.405. The minimum absolute atomic E-state index is 0.234. The average Bonchev–Trinajstić information content (AvgIpc) is 2.96. The molecule has 1 amide bonds. The molecule has 6 heteroatoms. The van der Waals surface area contributed by atoms with Crippen molar-refractivity contribution in [1.82, 2.24) is 9.88 Å². The minimum Gasteiger partial charge on any atom is -0.466 e. The van der Waals surface area contributed by atoms with Crippen LogP contribution < -0.4 is 4.74 Å². The first-order chi connectivity index (χ1) is 11.1. The van der Waals surface area contributed by atoms with E-state index in [1.807, 2.05) is 25.3 Å². The Morgan fingerprint density at radius 3 is 2.74 bits per heavy atom. The summed E-state index contributed by atoms with van der Waals surface area (Å²) in [5, 5.41) is 0.828. The van der Waals surface area contributed by atoms with Crippen molar-refractivity contribution in [3.8, 4) is 5.75 Å². The first-order valence-corrected chi connectivity index (χ1v) is 7.74. The zero-order chi connectivity index (χ0) is 16.8. The van der Waals surface area contributed by atoms with Crippen LogP contribution in [0.25, 0.3) is 10.9 Å². The summed E-state index contributed by atoms with van der Waals surface area (Å²) in [6, 6.07) is 5.48. The number of nitrogens with zero attached hydrogens (tertiary/aromatic N) is 1. The van der Waals surface area contributed by atoms with Gasteiger partial charge in [0.2, 0.25) is 0 Å². The second kappa shape index (κ2) is 7.67. The van der Waals surface area contributed by atoms with Crippen LogP contribution in [0.5, 0.6) is 5.75 Å². The molecule has 0 aliphatic carbocycles. The summed E-state index contributed by atoms with van der Waals surface area (Å²) in [4.78, 5) is 28.2. The average molecular weight is 318 g/mol. The predicted molar refractivity (Wildman–Crippen MR) is 87.6 cm³/mol. The molecule has 2 rings (SSSR count). The van der Waals surface area contributed by atoms with Crippen molar-refractivity contribution in [3.05, 3.63) is 30.0 Å². The number of benzene rings is 1. The molecule has 0 bridgehead atoms. The molecule has 0 spiro atoms. The fraction of sp³-hybridized carbons (Fsp3) is 0.412. The Hall–Kier alpha value is -2.50. The monoisotopic (exact) mass is 318 g/mol. The van der Waals surface area contributed by atoms with Crippen molar-refractivity contribution in [2.24, 2.45) is 0 Å². The van der Waals surface area contributed by atoms with Gasteiger partial charge in [0.1, 0.15) is 5.75 Å². The lowest BCUT2D eigenvalue weighted by molar-refractivity contribution is -0.143. The highest BCUT2D eigenvalue weighted by molar-refractivity contribution is 5.91. The molecule has 23 heavy (non-hydrogen) atoms. The van der Waals surface area contributed by atoms with Crippen LogP contribution in [0.4, 0.5) is 4.79 Å². The van der Waals surface area contributed by atoms with E-state index in [1.165, 1.54) is 4.90 Å². The normalized spacial score (nSPS) is 10.6. The van der Waals surface area contributed by atoms with Gasteiger partial charge in [-0.15, -0.1) is 0 Å². The maximum atomic E-state index is 12.0. The first-order valence-electron chi connectivity index (χ1n) is 7.74. The summed E-state index contributed by atoms with van der Waals surface area (Å²) in [7, 11) is 1.68. The van der Waals surface area contributed by atoms with Gasteiger partial charge in [-0.05, 0) is 38.0 Å². The van der Waals surface area contributed by atoms with E-state index in [-0.39, 0.29) is 12.4 Å². The lowest BCUT2D eigenvalue weighted by Crippen LogP contribution is -2.29. The van der Waals surface area contributed by atoms with Crippen LogP contribution in [-0.2, 0) is 16.0 Å². The van der Waals surface area contributed by atoms with E-state index in [0.29, 0.717) is 25.3 Å². The summed E-state index contributed by atoms with van der Waals surface area (Å²) in [6.07, 6.45) is 2.25. The molecule has 6 nitrogen and oxygen atoms in total. The highest BCUT2D eigenvalue weighted by Gasteiger charge is 2.15. The smallest absolute Gasteiger partial charge is 0.414 e. The van der Waals surface area contributed by atoms with Crippen LogP contribution >= 0.6 is 0 Å². The Bertz CT molecular complexity index is 693. The van der Waals surface area contributed by atoms with E-state index in [2.05, 4.69) is 4.98 Å². The van der Waals surface area contributed by atoms with E-state index in [0.717, 1.165) is 16.5 Å². The van der Waals surface area contributed by atoms with E-state index in [4.69, 9.17) is 9.47 Å². The van der Waals surface area contributed by atoms with Gasteiger partial charge in [-0.1, -0.05) is 6.07 Å². The molecule has 0 atom stereocenters. The Morgan fingerprint density at radius 1 is 1.26 bits per heavy atom. The topological polar surface area (TPSA) is 71.6 Å². The van der Waals surface area contributed by atoms with Gasteiger partial charge >= 0.3 is 12.1 Å². The summed E-state index contributed by atoms with van der Waals surface area (Å²) in [5.74, 6) is 0.259. The lowest BCUT2D eigenvalue weighted by Gasteiger charge is -2.15. The molecular weight excluding hydrogens is 296 g/mol.